The summed E-state index contributed by atoms with van der Waals surface area (Å²) in [6.07, 6.45) is 1.03. The van der Waals surface area contributed by atoms with E-state index in [-0.39, 0.29) is 35.8 Å². The highest BCUT2D eigenvalue weighted by molar-refractivity contribution is 7.89. The molecular weight excluding hydrogens is 456 g/mol. The molecule has 2 N–H and O–H groups in total. The summed E-state index contributed by atoms with van der Waals surface area (Å²) in [7, 11) is -1.82. The van der Waals surface area contributed by atoms with E-state index in [2.05, 4.69) is 23.8 Å². The van der Waals surface area contributed by atoms with E-state index in [1.54, 1.807) is 26.0 Å². The number of fused-ring (bicyclic) bond motifs is 1. The van der Waals surface area contributed by atoms with Gasteiger partial charge in [-0.1, -0.05) is 18.8 Å². The standard InChI is InChI=1S/C25H38N2O6S/c1-18-14-27(19(2)17-28)34(30,31)25-8-7-21(6-5-20(3)29)13-23(25)33-24(18)16-26(4)15-22-9-11-32-12-10-22/h7-8,13,18-20,22,24,28-29H,9-12,14-17H2,1-4H3/t18-,19-,20-,24-/m1/s1. The molecule has 34 heavy (non-hydrogen) atoms. The van der Waals surface area contributed by atoms with Gasteiger partial charge in [-0.05, 0) is 57.9 Å². The van der Waals surface area contributed by atoms with Crippen molar-refractivity contribution in [3.05, 3.63) is 23.8 Å². The molecule has 0 spiro atoms. The van der Waals surface area contributed by atoms with Crippen LogP contribution in [0.4, 0.5) is 0 Å². The third-order valence-corrected chi connectivity index (χ3v) is 8.51. The van der Waals surface area contributed by atoms with Crippen LogP contribution in [0.2, 0.25) is 0 Å². The molecular formula is C25H38N2O6S. The fourth-order valence-electron chi connectivity index (χ4n) is 4.46. The highest BCUT2D eigenvalue weighted by Crippen LogP contribution is 2.34. The fraction of sp³-hybridized carbons (Fsp3) is 0.680. The van der Waals surface area contributed by atoms with Crippen molar-refractivity contribution in [1.82, 2.24) is 9.21 Å². The summed E-state index contributed by atoms with van der Waals surface area (Å²) in [5.41, 5.74) is 0.569. The van der Waals surface area contributed by atoms with Gasteiger partial charge in [-0.2, -0.15) is 4.31 Å². The molecule has 0 saturated carbocycles. The minimum atomic E-state index is -3.89. The Kier molecular flexibility index (Phi) is 9.38. The van der Waals surface area contributed by atoms with E-state index in [0.29, 0.717) is 18.0 Å². The number of hydrogen-bond acceptors (Lipinski definition) is 7. The molecule has 1 saturated heterocycles. The average Bonchev–Trinajstić information content (AvgIpc) is 2.80. The zero-order chi connectivity index (χ0) is 24.9. The SMILES string of the molecule is C[C@@H]1CN([C@H](C)CO)S(=O)(=O)c2ccc(C#C[C@@H](C)O)cc2O[C@@H]1CN(C)CC1CCOCC1. The highest BCUT2D eigenvalue weighted by Gasteiger charge is 2.38. The van der Waals surface area contributed by atoms with Crippen molar-refractivity contribution >= 4 is 10.0 Å². The smallest absolute Gasteiger partial charge is 0.247 e. The number of aliphatic hydroxyl groups is 2. The number of nitrogens with zero attached hydrogens (tertiary/aromatic N) is 2. The molecule has 1 aromatic carbocycles. The van der Waals surface area contributed by atoms with Crippen LogP contribution in [0, 0.1) is 23.7 Å². The number of sulfonamides is 1. The molecule has 0 unspecified atom stereocenters. The van der Waals surface area contributed by atoms with Crippen LogP contribution in [0.25, 0.3) is 0 Å². The molecule has 3 rings (SSSR count). The van der Waals surface area contributed by atoms with Gasteiger partial charge in [-0.25, -0.2) is 8.42 Å². The van der Waals surface area contributed by atoms with E-state index < -0.39 is 22.2 Å². The minimum Gasteiger partial charge on any atom is -0.487 e. The molecule has 2 aliphatic heterocycles. The summed E-state index contributed by atoms with van der Waals surface area (Å²) in [4.78, 5) is 2.32. The quantitative estimate of drug-likeness (QED) is 0.579. The third kappa shape index (κ3) is 6.72. The lowest BCUT2D eigenvalue weighted by Crippen LogP contribution is -2.50. The van der Waals surface area contributed by atoms with Crippen LogP contribution in [0.3, 0.4) is 0 Å². The van der Waals surface area contributed by atoms with E-state index in [9.17, 15) is 18.6 Å². The Morgan fingerprint density at radius 2 is 1.94 bits per heavy atom. The normalized spacial score (nSPS) is 25.3. The Morgan fingerprint density at radius 1 is 1.24 bits per heavy atom. The van der Waals surface area contributed by atoms with Crippen LogP contribution in [0.5, 0.6) is 5.75 Å². The van der Waals surface area contributed by atoms with Gasteiger partial charge in [0, 0.05) is 50.4 Å². The van der Waals surface area contributed by atoms with Crippen molar-refractivity contribution in [2.75, 3.05) is 46.5 Å². The molecule has 9 heteroatoms. The molecule has 2 aliphatic rings. The molecule has 2 heterocycles. The van der Waals surface area contributed by atoms with Gasteiger partial charge in [0.15, 0.2) is 0 Å². The molecule has 0 radical (unpaired) electrons. The van der Waals surface area contributed by atoms with Crippen LogP contribution in [0.1, 0.15) is 39.2 Å². The Bertz CT molecular complexity index is 981. The van der Waals surface area contributed by atoms with Crippen LogP contribution in [0.15, 0.2) is 23.1 Å². The summed E-state index contributed by atoms with van der Waals surface area (Å²) >= 11 is 0. The van der Waals surface area contributed by atoms with Gasteiger partial charge in [0.2, 0.25) is 10.0 Å². The zero-order valence-electron chi connectivity index (χ0n) is 20.6. The fourth-order valence-corrected chi connectivity index (χ4v) is 6.29. The van der Waals surface area contributed by atoms with Crippen molar-refractivity contribution in [3.8, 4) is 17.6 Å². The lowest BCUT2D eigenvalue weighted by atomic mass is 9.98. The summed E-state index contributed by atoms with van der Waals surface area (Å²) < 4.78 is 40.3. The molecule has 0 aromatic heterocycles. The van der Waals surface area contributed by atoms with E-state index >= 15 is 0 Å². The average molecular weight is 495 g/mol. The van der Waals surface area contributed by atoms with Crippen LogP contribution < -0.4 is 4.74 Å². The highest BCUT2D eigenvalue weighted by atomic mass is 32.2. The summed E-state index contributed by atoms with van der Waals surface area (Å²) in [6, 6.07) is 4.20. The van der Waals surface area contributed by atoms with Gasteiger partial charge in [0.1, 0.15) is 22.9 Å². The first-order valence-electron chi connectivity index (χ1n) is 12.0. The molecule has 0 aliphatic carbocycles. The molecule has 0 bridgehead atoms. The zero-order valence-corrected chi connectivity index (χ0v) is 21.4. The topological polar surface area (TPSA) is 99.5 Å². The second-order valence-corrected chi connectivity index (χ2v) is 11.5. The number of likely N-dealkylation sites (N-methyl/N-ethyl adjacent to an activating group) is 1. The van der Waals surface area contributed by atoms with Gasteiger partial charge in [-0.3, -0.25) is 0 Å². The maximum Gasteiger partial charge on any atom is 0.247 e. The van der Waals surface area contributed by atoms with Gasteiger partial charge in [0.05, 0.1) is 6.61 Å². The largest absolute Gasteiger partial charge is 0.487 e. The van der Waals surface area contributed by atoms with Crippen LogP contribution >= 0.6 is 0 Å². The summed E-state index contributed by atoms with van der Waals surface area (Å²) in [5, 5.41) is 19.3. The van der Waals surface area contributed by atoms with E-state index in [1.807, 2.05) is 6.92 Å². The van der Waals surface area contributed by atoms with Crippen molar-refractivity contribution in [1.29, 1.82) is 0 Å². The number of benzene rings is 1. The first kappa shape index (κ1) is 26.9. The Balaban J connectivity index is 1.94. The maximum atomic E-state index is 13.5. The van der Waals surface area contributed by atoms with Gasteiger partial charge >= 0.3 is 0 Å². The van der Waals surface area contributed by atoms with Crippen molar-refractivity contribution in [2.24, 2.45) is 11.8 Å². The number of ether oxygens (including phenoxy) is 2. The van der Waals surface area contributed by atoms with E-state index in [0.717, 1.165) is 32.6 Å². The third-order valence-electron chi connectivity index (χ3n) is 6.49. The molecule has 8 nitrogen and oxygen atoms in total. The Labute approximate surface area is 203 Å². The van der Waals surface area contributed by atoms with E-state index in [4.69, 9.17) is 9.47 Å². The first-order chi connectivity index (χ1) is 16.1. The second-order valence-electron chi connectivity index (χ2n) is 9.62. The lowest BCUT2D eigenvalue weighted by Gasteiger charge is -2.38. The summed E-state index contributed by atoms with van der Waals surface area (Å²) in [6.45, 7) is 8.41. The molecule has 0 amide bonds. The first-order valence-corrected chi connectivity index (χ1v) is 13.4. The monoisotopic (exact) mass is 494 g/mol. The van der Waals surface area contributed by atoms with Gasteiger partial charge in [0.25, 0.3) is 0 Å². The number of hydrogen-bond donors (Lipinski definition) is 2. The van der Waals surface area contributed by atoms with Crippen molar-refractivity contribution < 1.29 is 28.1 Å². The predicted molar refractivity (Wildman–Crippen MR) is 130 cm³/mol. The summed E-state index contributed by atoms with van der Waals surface area (Å²) in [5.74, 6) is 6.28. The molecule has 1 aromatic rings. The lowest BCUT2D eigenvalue weighted by molar-refractivity contribution is 0.0402. The van der Waals surface area contributed by atoms with Gasteiger partial charge < -0.3 is 24.6 Å². The Morgan fingerprint density at radius 3 is 2.59 bits per heavy atom. The molecule has 1 fully saturated rings. The van der Waals surface area contributed by atoms with E-state index in [1.165, 1.54) is 10.4 Å². The maximum absolute atomic E-state index is 13.5. The van der Waals surface area contributed by atoms with Crippen molar-refractivity contribution in [3.63, 3.8) is 0 Å². The predicted octanol–water partition coefficient (Wildman–Crippen LogP) is 1.55. The Hall–Kier alpha value is -1.67. The molecule has 4 atom stereocenters. The molecule has 190 valence electrons. The second kappa shape index (κ2) is 11.8. The minimum absolute atomic E-state index is 0.0689. The van der Waals surface area contributed by atoms with Crippen LogP contribution in [-0.2, 0) is 14.8 Å². The number of rotatable bonds is 6. The van der Waals surface area contributed by atoms with Crippen molar-refractivity contribution in [2.45, 2.75) is 56.8 Å². The number of aliphatic hydroxyl groups excluding tert-OH is 2. The van der Waals surface area contributed by atoms with Crippen LogP contribution in [-0.4, -0.2) is 92.6 Å². The van der Waals surface area contributed by atoms with Gasteiger partial charge in [-0.15, -0.1) is 0 Å².